The van der Waals surface area contributed by atoms with Gasteiger partial charge in [-0.1, -0.05) is 65.0 Å². The first-order valence-electron chi connectivity index (χ1n) is 14.1. The zero-order valence-corrected chi connectivity index (χ0v) is 25.6. The summed E-state index contributed by atoms with van der Waals surface area (Å²) >= 11 is 0. The lowest BCUT2D eigenvalue weighted by Gasteiger charge is -2.25. The van der Waals surface area contributed by atoms with E-state index in [9.17, 15) is 9.59 Å². The maximum Gasteiger partial charge on any atom is 0.337 e. The molecule has 4 rings (SSSR count). The van der Waals surface area contributed by atoms with E-state index in [0.29, 0.717) is 24.3 Å². The van der Waals surface area contributed by atoms with Gasteiger partial charge in [-0.2, -0.15) is 0 Å². The molecule has 0 unspecified atom stereocenters. The van der Waals surface area contributed by atoms with E-state index in [4.69, 9.17) is 9.47 Å². The second-order valence-electron chi connectivity index (χ2n) is 11.0. The van der Waals surface area contributed by atoms with E-state index in [1.165, 1.54) is 7.11 Å². The van der Waals surface area contributed by atoms with Gasteiger partial charge in [0.15, 0.2) is 0 Å². The van der Waals surface area contributed by atoms with Crippen LogP contribution >= 0.6 is 0 Å². The molecule has 0 fully saturated rings. The average Bonchev–Trinajstić information content (AvgIpc) is 2.98. The van der Waals surface area contributed by atoms with Crippen LogP contribution in [0.25, 0.3) is 21.9 Å². The predicted molar refractivity (Wildman–Crippen MR) is 167 cm³/mol. The van der Waals surface area contributed by atoms with Gasteiger partial charge < -0.3 is 9.47 Å². The molecule has 4 aromatic rings. The SMILES string of the molecule is CC.COC(=O)c1ccc2c(N(Cc3ccc(-c4ccc(OC)c(C)c4)cc3)C(=O)CCC(C)(C)C)nccc2c1. The standard InChI is InChI=1S/C33H36N2O4.C2H6/c1-22-19-25(12-14-29(22)38-5)24-9-7-23(8-10-24)21-35(30(36)15-17-33(2,3)4)31-28-13-11-27(32(37)39-6)20-26(28)16-18-34-31;1-2/h7-14,16,18-20H,15,17,21H2,1-6H3;1-2H3. The molecular weight excluding hydrogens is 512 g/mol. The van der Waals surface area contributed by atoms with Crippen molar-refractivity contribution >= 4 is 28.5 Å². The number of benzene rings is 3. The van der Waals surface area contributed by atoms with Crippen LogP contribution in [0, 0.1) is 12.3 Å². The number of rotatable bonds is 8. The summed E-state index contributed by atoms with van der Waals surface area (Å²) in [6, 6.07) is 21.6. The molecule has 3 aromatic carbocycles. The number of anilines is 1. The molecular formula is C35H42N2O4. The Balaban J connectivity index is 0.00000226. The fourth-order valence-corrected chi connectivity index (χ4v) is 4.56. The molecule has 0 aliphatic rings. The van der Waals surface area contributed by atoms with Crippen LogP contribution < -0.4 is 9.64 Å². The van der Waals surface area contributed by atoms with Gasteiger partial charge in [-0.15, -0.1) is 0 Å². The van der Waals surface area contributed by atoms with Crippen molar-refractivity contribution in [3.8, 4) is 16.9 Å². The van der Waals surface area contributed by atoms with Gasteiger partial charge in [-0.25, -0.2) is 9.78 Å². The molecule has 6 nitrogen and oxygen atoms in total. The first kappa shape index (κ1) is 31.3. The Morgan fingerprint density at radius 1 is 0.878 bits per heavy atom. The first-order valence-corrected chi connectivity index (χ1v) is 14.1. The highest BCUT2D eigenvalue weighted by atomic mass is 16.5. The summed E-state index contributed by atoms with van der Waals surface area (Å²) in [5.74, 6) is 1.05. The number of aryl methyl sites for hydroxylation is 1. The van der Waals surface area contributed by atoms with Crippen LogP contribution in [0.3, 0.4) is 0 Å². The van der Waals surface area contributed by atoms with E-state index in [2.05, 4.69) is 56.1 Å². The number of esters is 1. The fourth-order valence-electron chi connectivity index (χ4n) is 4.56. The molecule has 0 aliphatic heterocycles. The molecule has 0 N–H and O–H groups in total. The average molecular weight is 555 g/mol. The number of carbonyl (C=O) groups is 2. The van der Waals surface area contributed by atoms with Crippen molar-refractivity contribution in [1.29, 1.82) is 0 Å². The van der Waals surface area contributed by atoms with Crippen molar-refractivity contribution in [2.75, 3.05) is 19.1 Å². The van der Waals surface area contributed by atoms with Crippen molar-refractivity contribution in [2.24, 2.45) is 5.41 Å². The number of carbonyl (C=O) groups excluding carboxylic acids is 2. The highest BCUT2D eigenvalue weighted by Gasteiger charge is 2.23. The number of pyridine rings is 1. The molecule has 0 saturated carbocycles. The summed E-state index contributed by atoms with van der Waals surface area (Å²) in [5, 5.41) is 1.63. The lowest BCUT2D eigenvalue weighted by Crippen LogP contribution is -2.32. The third-order valence-corrected chi connectivity index (χ3v) is 6.83. The van der Waals surface area contributed by atoms with Gasteiger partial charge in [0.25, 0.3) is 0 Å². The number of fused-ring (bicyclic) bond motifs is 1. The Kier molecular flexibility index (Phi) is 10.6. The fraction of sp³-hybridized carbons (Fsp3) is 0.343. The first-order chi connectivity index (χ1) is 19.6. The topological polar surface area (TPSA) is 68.7 Å². The van der Waals surface area contributed by atoms with Gasteiger partial charge in [0.1, 0.15) is 11.6 Å². The lowest BCUT2D eigenvalue weighted by molar-refractivity contribution is -0.119. The van der Waals surface area contributed by atoms with Crippen LogP contribution in [-0.4, -0.2) is 31.1 Å². The van der Waals surface area contributed by atoms with Gasteiger partial charge in [0.2, 0.25) is 5.91 Å². The molecule has 0 atom stereocenters. The van der Waals surface area contributed by atoms with Crippen LogP contribution in [-0.2, 0) is 16.1 Å². The minimum atomic E-state index is -0.402. The van der Waals surface area contributed by atoms with Gasteiger partial charge in [0.05, 0.1) is 26.3 Å². The van der Waals surface area contributed by atoms with Gasteiger partial charge >= 0.3 is 5.97 Å². The van der Waals surface area contributed by atoms with Crippen molar-refractivity contribution in [3.63, 3.8) is 0 Å². The van der Waals surface area contributed by atoms with E-state index in [1.54, 1.807) is 30.3 Å². The highest BCUT2D eigenvalue weighted by molar-refractivity contribution is 6.04. The number of hydrogen-bond acceptors (Lipinski definition) is 5. The molecule has 1 heterocycles. The largest absolute Gasteiger partial charge is 0.496 e. The minimum absolute atomic E-state index is 0.0109. The molecule has 1 aromatic heterocycles. The van der Waals surface area contributed by atoms with Gasteiger partial charge in [0, 0.05) is 18.0 Å². The number of hydrogen-bond donors (Lipinski definition) is 0. The Morgan fingerprint density at radius 3 is 2.17 bits per heavy atom. The quantitative estimate of drug-likeness (QED) is 0.205. The summed E-state index contributed by atoms with van der Waals surface area (Å²) in [7, 11) is 3.04. The van der Waals surface area contributed by atoms with Crippen molar-refractivity contribution in [2.45, 2.75) is 60.9 Å². The Bertz CT molecular complexity index is 1490. The highest BCUT2D eigenvalue weighted by Crippen LogP contribution is 2.30. The van der Waals surface area contributed by atoms with Crippen LogP contribution in [0.4, 0.5) is 5.82 Å². The zero-order valence-electron chi connectivity index (χ0n) is 25.6. The van der Waals surface area contributed by atoms with Crippen molar-refractivity contribution in [1.82, 2.24) is 4.98 Å². The molecule has 0 aliphatic carbocycles. The molecule has 1 amide bonds. The van der Waals surface area contributed by atoms with Gasteiger partial charge in [-0.05, 0) is 82.8 Å². The lowest BCUT2D eigenvalue weighted by atomic mass is 9.90. The Labute approximate surface area is 244 Å². The smallest absolute Gasteiger partial charge is 0.337 e. The molecule has 216 valence electrons. The molecule has 0 spiro atoms. The minimum Gasteiger partial charge on any atom is -0.496 e. The van der Waals surface area contributed by atoms with Crippen LogP contribution in [0.1, 0.15) is 68.9 Å². The summed E-state index contributed by atoms with van der Waals surface area (Å²) < 4.78 is 10.3. The number of ether oxygens (including phenoxy) is 2. The Morgan fingerprint density at radius 2 is 1.56 bits per heavy atom. The summed E-state index contributed by atoms with van der Waals surface area (Å²) in [6.07, 6.45) is 2.85. The van der Waals surface area contributed by atoms with E-state index < -0.39 is 5.97 Å². The third-order valence-electron chi connectivity index (χ3n) is 6.83. The molecule has 6 heteroatoms. The second kappa shape index (κ2) is 13.9. The molecule has 0 bridgehead atoms. The summed E-state index contributed by atoms with van der Waals surface area (Å²) in [6.45, 7) is 12.8. The summed E-state index contributed by atoms with van der Waals surface area (Å²) in [4.78, 5) is 32.1. The maximum absolute atomic E-state index is 13.6. The van der Waals surface area contributed by atoms with Crippen LogP contribution in [0.2, 0.25) is 0 Å². The van der Waals surface area contributed by atoms with E-state index in [0.717, 1.165) is 45.2 Å². The van der Waals surface area contributed by atoms with Crippen molar-refractivity contribution in [3.05, 3.63) is 89.6 Å². The number of nitrogens with zero attached hydrogens (tertiary/aromatic N) is 2. The Hall–Kier alpha value is -4.19. The van der Waals surface area contributed by atoms with E-state index >= 15 is 0 Å². The summed E-state index contributed by atoms with van der Waals surface area (Å²) in [5.41, 5.74) is 4.76. The second-order valence-corrected chi connectivity index (χ2v) is 11.0. The monoisotopic (exact) mass is 554 g/mol. The zero-order chi connectivity index (χ0) is 30.2. The third kappa shape index (κ3) is 7.94. The number of amides is 1. The number of aromatic nitrogens is 1. The molecule has 0 saturated heterocycles. The van der Waals surface area contributed by atoms with Gasteiger partial charge in [-0.3, -0.25) is 9.69 Å². The van der Waals surface area contributed by atoms with Crippen molar-refractivity contribution < 1.29 is 19.1 Å². The van der Waals surface area contributed by atoms with E-state index in [-0.39, 0.29) is 11.3 Å². The normalized spacial score (nSPS) is 10.9. The molecule has 41 heavy (non-hydrogen) atoms. The number of methoxy groups -OCH3 is 2. The van der Waals surface area contributed by atoms with Crippen LogP contribution in [0.15, 0.2) is 72.9 Å². The predicted octanol–water partition coefficient (Wildman–Crippen LogP) is 8.39. The van der Waals surface area contributed by atoms with Crippen LogP contribution in [0.5, 0.6) is 5.75 Å². The maximum atomic E-state index is 13.6. The van der Waals surface area contributed by atoms with E-state index in [1.807, 2.05) is 45.0 Å². The molecule has 0 radical (unpaired) electrons.